The number of rotatable bonds is 4. The summed E-state index contributed by atoms with van der Waals surface area (Å²) in [6.07, 6.45) is 0.0485. The van der Waals surface area contributed by atoms with Crippen molar-refractivity contribution in [1.29, 1.82) is 0 Å². The van der Waals surface area contributed by atoms with Crippen molar-refractivity contribution in [3.05, 3.63) is 29.6 Å². The molecule has 1 saturated heterocycles. The summed E-state index contributed by atoms with van der Waals surface area (Å²) < 4.78 is 24.5. The molecule has 1 aromatic carbocycles. The first-order valence-electron chi connectivity index (χ1n) is 6.10. The number of benzene rings is 1. The minimum Gasteiger partial charge on any atom is -0.494 e. The molecule has 5 heteroatoms. The molecule has 2 N–H and O–H groups in total. The molecule has 2 rings (SSSR count). The third-order valence-electron chi connectivity index (χ3n) is 3.14. The summed E-state index contributed by atoms with van der Waals surface area (Å²) in [6, 6.07) is 5.21. The van der Waals surface area contributed by atoms with Crippen molar-refractivity contribution in [2.45, 2.75) is 12.6 Å². The normalized spacial score (nSPS) is 20.9. The monoisotopic (exact) mass is 254 g/mol. The van der Waals surface area contributed by atoms with Crippen LogP contribution in [0.4, 0.5) is 4.39 Å². The maximum atomic E-state index is 14.0. The van der Waals surface area contributed by atoms with E-state index in [4.69, 9.17) is 15.2 Å². The van der Waals surface area contributed by atoms with Gasteiger partial charge in [-0.05, 0) is 6.07 Å². The van der Waals surface area contributed by atoms with Gasteiger partial charge in [-0.1, -0.05) is 12.1 Å². The first-order chi connectivity index (χ1) is 8.74. The van der Waals surface area contributed by atoms with Crippen molar-refractivity contribution in [3.63, 3.8) is 0 Å². The average molecular weight is 254 g/mol. The van der Waals surface area contributed by atoms with E-state index in [9.17, 15) is 4.39 Å². The van der Waals surface area contributed by atoms with Gasteiger partial charge in [0.05, 0.1) is 19.8 Å². The van der Waals surface area contributed by atoms with E-state index in [2.05, 4.69) is 4.90 Å². The summed E-state index contributed by atoms with van der Waals surface area (Å²) in [5.41, 5.74) is 6.23. The Hall–Kier alpha value is -1.17. The van der Waals surface area contributed by atoms with E-state index in [0.29, 0.717) is 25.3 Å². The molecular weight excluding hydrogens is 235 g/mol. The number of hydrogen-bond donors (Lipinski definition) is 1. The van der Waals surface area contributed by atoms with Crippen LogP contribution in [-0.4, -0.2) is 44.4 Å². The molecule has 1 heterocycles. The lowest BCUT2D eigenvalue weighted by Gasteiger charge is -2.32. The SMILES string of the molecule is COc1cccc(CN2CCOC(CN)C2)c1F. The van der Waals surface area contributed by atoms with Gasteiger partial charge in [0.2, 0.25) is 0 Å². The summed E-state index contributed by atoms with van der Waals surface area (Å²) in [7, 11) is 1.47. The zero-order chi connectivity index (χ0) is 13.0. The molecule has 4 nitrogen and oxygen atoms in total. The second-order valence-electron chi connectivity index (χ2n) is 4.40. The van der Waals surface area contributed by atoms with Gasteiger partial charge in [-0.2, -0.15) is 0 Å². The van der Waals surface area contributed by atoms with E-state index in [1.165, 1.54) is 7.11 Å². The minimum atomic E-state index is -0.282. The molecule has 1 aromatic rings. The zero-order valence-electron chi connectivity index (χ0n) is 10.6. The van der Waals surface area contributed by atoms with Gasteiger partial charge >= 0.3 is 0 Å². The van der Waals surface area contributed by atoms with Crippen LogP contribution in [0.25, 0.3) is 0 Å². The number of methoxy groups -OCH3 is 1. The molecule has 0 amide bonds. The van der Waals surface area contributed by atoms with Gasteiger partial charge in [0.25, 0.3) is 0 Å². The highest BCUT2D eigenvalue weighted by molar-refractivity contribution is 5.31. The van der Waals surface area contributed by atoms with Gasteiger partial charge in [-0.15, -0.1) is 0 Å². The zero-order valence-corrected chi connectivity index (χ0v) is 10.6. The molecule has 100 valence electrons. The first kappa shape index (κ1) is 13.3. The Morgan fingerprint density at radius 1 is 1.56 bits per heavy atom. The smallest absolute Gasteiger partial charge is 0.169 e. The average Bonchev–Trinajstić information content (AvgIpc) is 2.41. The number of nitrogens with zero attached hydrogens (tertiary/aromatic N) is 1. The van der Waals surface area contributed by atoms with E-state index >= 15 is 0 Å². The third-order valence-corrected chi connectivity index (χ3v) is 3.14. The summed E-state index contributed by atoms with van der Waals surface area (Å²) in [6.45, 7) is 3.24. The molecule has 0 radical (unpaired) electrons. The van der Waals surface area contributed by atoms with E-state index in [0.717, 1.165) is 13.1 Å². The Balaban J connectivity index is 2.04. The Morgan fingerprint density at radius 2 is 2.39 bits per heavy atom. The van der Waals surface area contributed by atoms with E-state index in [1.54, 1.807) is 18.2 Å². The maximum absolute atomic E-state index is 14.0. The second-order valence-corrected chi connectivity index (χ2v) is 4.40. The van der Waals surface area contributed by atoms with Gasteiger partial charge in [-0.25, -0.2) is 4.39 Å². The van der Waals surface area contributed by atoms with Crippen molar-refractivity contribution in [3.8, 4) is 5.75 Å². The van der Waals surface area contributed by atoms with Crippen LogP contribution in [0.15, 0.2) is 18.2 Å². The number of hydrogen-bond acceptors (Lipinski definition) is 4. The number of halogens is 1. The van der Waals surface area contributed by atoms with Crippen LogP contribution in [0.3, 0.4) is 0 Å². The van der Waals surface area contributed by atoms with E-state index < -0.39 is 0 Å². The van der Waals surface area contributed by atoms with E-state index in [-0.39, 0.29) is 17.7 Å². The van der Waals surface area contributed by atoms with Crippen LogP contribution in [0.2, 0.25) is 0 Å². The van der Waals surface area contributed by atoms with Crippen molar-refractivity contribution in [2.24, 2.45) is 5.73 Å². The predicted octanol–water partition coefficient (Wildman–Crippen LogP) is 0.994. The first-order valence-corrected chi connectivity index (χ1v) is 6.10. The van der Waals surface area contributed by atoms with Gasteiger partial charge < -0.3 is 15.2 Å². The molecule has 0 aliphatic carbocycles. The molecule has 1 fully saturated rings. The molecule has 1 aliphatic rings. The highest BCUT2D eigenvalue weighted by atomic mass is 19.1. The van der Waals surface area contributed by atoms with Crippen molar-refractivity contribution in [2.75, 3.05) is 33.4 Å². The van der Waals surface area contributed by atoms with Crippen LogP contribution < -0.4 is 10.5 Å². The Bertz CT molecular complexity index is 401. The van der Waals surface area contributed by atoms with Crippen LogP contribution in [0, 0.1) is 5.82 Å². The quantitative estimate of drug-likeness (QED) is 0.870. The predicted molar refractivity (Wildman–Crippen MR) is 67.0 cm³/mol. The van der Waals surface area contributed by atoms with Crippen molar-refractivity contribution in [1.82, 2.24) is 4.90 Å². The molecule has 1 aliphatic heterocycles. The topological polar surface area (TPSA) is 47.7 Å². The fraction of sp³-hybridized carbons (Fsp3) is 0.538. The van der Waals surface area contributed by atoms with E-state index in [1.807, 2.05) is 0 Å². The molecule has 0 saturated carbocycles. The largest absolute Gasteiger partial charge is 0.494 e. The maximum Gasteiger partial charge on any atom is 0.169 e. The molecular formula is C13H19FN2O2. The molecule has 0 bridgehead atoms. The molecule has 0 aromatic heterocycles. The second kappa shape index (κ2) is 6.13. The summed E-state index contributed by atoms with van der Waals surface area (Å²) >= 11 is 0. The molecule has 0 spiro atoms. The Kier molecular flexibility index (Phi) is 4.52. The van der Waals surface area contributed by atoms with Gasteiger partial charge in [0.1, 0.15) is 0 Å². The lowest BCUT2D eigenvalue weighted by molar-refractivity contribution is -0.0263. The standard InChI is InChI=1S/C13H19FN2O2/c1-17-12-4-2-3-10(13(12)14)8-16-5-6-18-11(7-15)9-16/h2-4,11H,5-9,15H2,1H3. The lowest BCUT2D eigenvalue weighted by Crippen LogP contribution is -2.45. The fourth-order valence-corrected chi connectivity index (χ4v) is 2.14. The van der Waals surface area contributed by atoms with Crippen LogP contribution in [-0.2, 0) is 11.3 Å². The summed E-state index contributed by atoms with van der Waals surface area (Å²) in [4.78, 5) is 2.15. The minimum absolute atomic E-state index is 0.0485. The summed E-state index contributed by atoms with van der Waals surface area (Å²) in [5, 5.41) is 0. The van der Waals surface area contributed by atoms with Crippen LogP contribution in [0.1, 0.15) is 5.56 Å². The number of nitrogens with two attached hydrogens (primary N) is 1. The Labute approximate surface area is 106 Å². The summed E-state index contributed by atoms with van der Waals surface area (Å²) in [5.74, 6) is 0.00641. The van der Waals surface area contributed by atoms with Crippen LogP contribution >= 0.6 is 0 Å². The third kappa shape index (κ3) is 2.98. The molecule has 18 heavy (non-hydrogen) atoms. The fourth-order valence-electron chi connectivity index (χ4n) is 2.14. The van der Waals surface area contributed by atoms with Crippen LogP contribution in [0.5, 0.6) is 5.75 Å². The lowest BCUT2D eigenvalue weighted by atomic mass is 10.1. The van der Waals surface area contributed by atoms with Crippen molar-refractivity contribution < 1.29 is 13.9 Å². The number of ether oxygens (including phenoxy) is 2. The highest BCUT2D eigenvalue weighted by Gasteiger charge is 2.20. The van der Waals surface area contributed by atoms with Gasteiger partial charge in [0.15, 0.2) is 11.6 Å². The Morgan fingerprint density at radius 3 is 3.11 bits per heavy atom. The van der Waals surface area contributed by atoms with Crippen molar-refractivity contribution >= 4 is 0 Å². The molecule has 1 unspecified atom stereocenters. The van der Waals surface area contributed by atoms with Gasteiger partial charge in [0, 0.05) is 31.7 Å². The molecule has 1 atom stereocenters. The number of morpholine rings is 1. The highest BCUT2D eigenvalue weighted by Crippen LogP contribution is 2.21. The van der Waals surface area contributed by atoms with Gasteiger partial charge in [-0.3, -0.25) is 4.90 Å².